The van der Waals surface area contributed by atoms with Crippen molar-refractivity contribution in [2.45, 2.75) is 59.3 Å². The van der Waals surface area contributed by atoms with E-state index in [9.17, 15) is 4.79 Å². The third-order valence-corrected chi connectivity index (χ3v) is 5.29. The van der Waals surface area contributed by atoms with Gasteiger partial charge in [-0.25, -0.2) is 0 Å². The van der Waals surface area contributed by atoms with Crippen LogP contribution in [0.2, 0.25) is 0 Å². The first-order valence-electron chi connectivity index (χ1n) is 10.4. The molecule has 0 atom stereocenters. The minimum atomic E-state index is 0.0237. The predicted molar refractivity (Wildman–Crippen MR) is 111 cm³/mol. The fourth-order valence-electron chi connectivity index (χ4n) is 3.91. The molecular weight excluding hydrogens is 354 g/mol. The van der Waals surface area contributed by atoms with E-state index in [1.165, 1.54) is 25.7 Å². The molecule has 152 valence electrons. The lowest BCUT2D eigenvalue weighted by molar-refractivity contribution is -0.116. The van der Waals surface area contributed by atoms with Crippen LogP contribution in [0.25, 0.3) is 11.1 Å². The summed E-state index contributed by atoms with van der Waals surface area (Å²) >= 11 is 0. The van der Waals surface area contributed by atoms with Gasteiger partial charge in [-0.3, -0.25) is 9.89 Å². The largest absolute Gasteiger partial charge is 0.490 e. The highest BCUT2D eigenvalue weighted by molar-refractivity contribution is 5.94. The Hall–Kier alpha value is -2.50. The molecule has 6 heteroatoms. The van der Waals surface area contributed by atoms with E-state index in [4.69, 9.17) is 9.47 Å². The maximum atomic E-state index is 12.5. The molecule has 28 heavy (non-hydrogen) atoms. The molecule has 1 aromatic heterocycles. The maximum absolute atomic E-state index is 12.5. The topological polar surface area (TPSA) is 76.2 Å². The molecule has 0 radical (unpaired) electrons. The van der Waals surface area contributed by atoms with Crippen LogP contribution in [0.4, 0.5) is 5.82 Å². The van der Waals surface area contributed by atoms with Crippen molar-refractivity contribution in [3.8, 4) is 22.6 Å². The number of aromatic amines is 1. The van der Waals surface area contributed by atoms with E-state index in [0.717, 1.165) is 29.0 Å². The summed E-state index contributed by atoms with van der Waals surface area (Å²) in [7, 11) is 0. The highest BCUT2D eigenvalue weighted by atomic mass is 16.5. The molecule has 1 saturated carbocycles. The Kier molecular flexibility index (Phi) is 6.95. The van der Waals surface area contributed by atoms with E-state index < -0.39 is 0 Å². The molecule has 0 saturated heterocycles. The zero-order valence-corrected chi connectivity index (χ0v) is 17.1. The quantitative estimate of drug-likeness (QED) is 0.630. The summed E-state index contributed by atoms with van der Waals surface area (Å²) in [5.74, 6) is 2.71. The lowest BCUT2D eigenvalue weighted by atomic mass is 10.0. The Bertz CT molecular complexity index is 794. The van der Waals surface area contributed by atoms with Gasteiger partial charge in [-0.2, -0.15) is 5.10 Å². The van der Waals surface area contributed by atoms with Gasteiger partial charge in [0, 0.05) is 17.7 Å². The van der Waals surface area contributed by atoms with E-state index >= 15 is 0 Å². The van der Waals surface area contributed by atoms with Gasteiger partial charge in [0.1, 0.15) is 0 Å². The third kappa shape index (κ3) is 4.86. The molecule has 1 aliphatic carbocycles. The number of nitrogens with one attached hydrogen (secondary N) is 2. The number of amides is 1. The summed E-state index contributed by atoms with van der Waals surface area (Å²) in [6.45, 7) is 6.98. The first-order chi connectivity index (χ1) is 13.6. The van der Waals surface area contributed by atoms with Crippen LogP contribution in [0, 0.1) is 12.8 Å². The Morgan fingerprint density at radius 1 is 1.18 bits per heavy atom. The Morgan fingerprint density at radius 3 is 2.61 bits per heavy atom. The highest BCUT2D eigenvalue weighted by Crippen LogP contribution is 2.37. The Labute approximate surface area is 167 Å². The van der Waals surface area contributed by atoms with Crippen LogP contribution in [0.1, 0.15) is 58.1 Å². The van der Waals surface area contributed by atoms with E-state index in [1.807, 2.05) is 39.0 Å². The first kappa shape index (κ1) is 20.2. The third-order valence-electron chi connectivity index (χ3n) is 5.29. The van der Waals surface area contributed by atoms with E-state index in [2.05, 4.69) is 15.5 Å². The molecular formula is C22H31N3O3. The summed E-state index contributed by atoms with van der Waals surface area (Å²) in [5, 5.41) is 10.3. The van der Waals surface area contributed by atoms with Crippen LogP contribution >= 0.6 is 0 Å². The average Bonchev–Trinajstić information content (AvgIpc) is 3.32. The Balaban J connectivity index is 1.76. The number of rotatable bonds is 9. The summed E-state index contributed by atoms with van der Waals surface area (Å²) in [6, 6.07) is 5.82. The number of aryl methyl sites for hydroxylation is 1. The highest BCUT2D eigenvalue weighted by Gasteiger charge is 2.19. The summed E-state index contributed by atoms with van der Waals surface area (Å²) in [4.78, 5) is 12.5. The van der Waals surface area contributed by atoms with Crippen molar-refractivity contribution in [2.75, 3.05) is 18.5 Å². The maximum Gasteiger partial charge on any atom is 0.225 e. The van der Waals surface area contributed by atoms with Gasteiger partial charge in [0.2, 0.25) is 5.91 Å². The molecule has 3 rings (SSSR count). The van der Waals surface area contributed by atoms with Crippen molar-refractivity contribution < 1.29 is 14.3 Å². The second-order valence-corrected chi connectivity index (χ2v) is 7.34. The second kappa shape index (κ2) is 9.62. The number of hydrogen-bond donors (Lipinski definition) is 2. The zero-order valence-electron chi connectivity index (χ0n) is 17.1. The number of anilines is 1. The van der Waals surface area contributed by atoms with Gasteiger partial charge in [-0.15, -0.1) is 0 Å². The fraction of sp³-hybridized carbons (Fsp3) is 0.545. The van der Waals surface area contributed by atoms with Crippen molar-refractivity contribution in [1.82, 2.24) is 10.2 Å². The molecule has 6 nitrogen and oxygen atoms in total. The molecule has 2 N–H and O–H groups in total. The van der Waals surface area contributed by atoms with E-state index in [0.29, 0.717) is 37.1 Å². The molecule has 1 heterocycles. The minimum Gasteiger partial charge on any atom is -0.490 e. The SMILES string of the molecule is CCOc1ccc(-c2c(NC(=O)CCC3CCCC3)n[nH]c2C)cc1OCC. The smallest absolute Gasteiger partial charge is 0.225 e. The predicted octanol–water partition coefficient (Wildman–Crippen LogP) is 5.09. The summed E-state index contributed by atoms with van der Waals surface area (Å²) in [5.41, 5.74) is 2.72. The number of carbonyl (C=O) groups excluding carboxylic acids is 1. The van der Waals surface area contributed by atoms with E-state index in [-0.39, 0.29) is 5.91 Å². The van der Waals surface area contributed by atoms with Gasteiger partial charge in [0.15, 0.2) is 17.3 Å². The van der Waals surface area contributed by atoms with Crippen molar-refractivity contribution in [3.63, 3.8) is 0 Å². The fourth-order valence-corrected chi connectivity index (χ4v) is 3.91. The van der Waals surface area contributed by atoms with Crippen molar-refractivity contribution in [3.05, 3.63) is 23.9 Å². The molecule has 1 aromatic carbocycles. The van der Waals surface area contributed by atoms with Gasteiger partial charge in [-0.1, -0.05) is 31.7 Å². The van der Waals surface area contributed by atoms with Crippen LogP contribution in [-0.2, 0) is 4.79 Å². The van der Waals surface area contributed by atoms with Crippen LogP contribution in [0.5, 0.6) is 11.5 Å². The van der Waals surface area contributed by atoms with Gasteiger partial charge < -0.3 is 14.8 Å². The van der Waals surface area contributed by atoms with Crippen LogP contribution in [-0.4, -0.2) is 29.3 Å². The van der Waals surface area contributed by atoms with Gasteiger partial charge in [0.25, 0.3) is 0 Å². The van der Waals surface area contributed by atoms with Crippen LogP contribution < -0.4 is 14.8 Å². The number of benzene rings is 1. The molecule has 0 unspecified atom stereocenters. The van der Waals surface area contributed by atoms with Crippen molar-refractivity contribution in [1.29, 1.82) is 0 Å². The van der Waals surface area contributed by atoms with Gasteiger partial charge in [-0.05, 0) is 50.8 Å². The molecule has 2 aromatic rings. The normalized spacial score (nSPS) is 14.2. The average molecular weight is 386 g/mol. The minimum absolute atomic E-state index is 0.0237. The number of nitrogens with zero attached hydrogens (tertiary/aromatic N) is 1. The van der Waals surface area contributed by atoms with Crippen LogP contribution in [0.15, 0.2) is 18.2 Å². The number of aromatic nitrogens is 2. The van der Waals surface area contributed by atoms with Crippen LogP contribution in [0.3, 0.4) is 0 Å². The summed E-state index contributed by atoms with van der Waals surface area (Å²) in [6.07, 6.45) is 6.62. The number of ether oxygens (including phenoxy) is 2. The summed E-state index contributed by atoms with van der Waals surface area (Å²) < 4.78 is 11.4. The number of carbonyl (C=O) groups is 1. The molecule has 1 aliphatic rings. The molecule has 0 aliphatic heterocycles. The van der Waals surface area contributed by atoms with E-state index in [1.54, 1.807) is 0 Å². The number of hydrogen-bond acceptors (Lipinski definition) is 4. The zero-order chi connectivity index (χ0) is 19.9. The van der Waals surface area contributed by atoms with Gasteiger partial charge in [0.05, 0.1) is 13.2 Å². The Morgan fingerprint density at radius 2 is 1.89 bits per heavy atom. The first-order valence-corrected chi connectivity index (χ1v) is 10.4. The molecule has 0 spiro atoms. The molecule has 0 bridgehead atoms. The second-order valence-electron chi connectivity index (χ2n) is 7.34. The van der Waals surface area contributed by atoms with Crippen molar-refractivity contribution in [2.24, 2.45) is 5.92 Å². The number of H-pyrrole nitrogens is 1. The lowest BCUT2D eigenvalue weighted by Crippen LogP contribution is -2.13. The lowest BCUT2D eigenvalue weighted by Gasteiger charge is -2.13. The van der Waals surface area contributed by atoms with Crippen molar-refractivity contribution >= 4 is 11.7 Å². The standard InChI is InChI=1S/C22H31N3O3/c1-4-27-18-12-11-17(14-19(18)28-5-2)21-15(3)24-25-22(21)23-20(26)13-10-16-8-6-7-9-16/h11-12,14,16H,4-10,13H2,1-3H3,(H2,23,24,25,26). The monoisotopic (exact) mass is 385 g/mol. The van der Waals surface area contributed by atoms with Gasteiger partial charge >= 0.3 is 0 Å². The molecule has 1 fully saturated rings. The molecule has 1 amide bonds.